The van der Waals surface area contributed by atoms with Crippen molar-refractivity contribution in [1.29, 1.82) is 0 Å². The van der Waals surface area contributed by atoms with Crippen LogP contribution in [0.5, 0.6) is 11.5 Å². The first-order chi connectivity index (χ1) is 6.27. The number of hydrogen-bond donors (Lipinski definition) is 0. The molecule has 0 saturated heterocycles. The van der Waals surface area contributed by atoms with E-state index < -0.39 is 10.3 Å². The minimum absolute atomic E-state index is 0.0346. The predicted octanol–water partition coefficient (Wildman–Crippen LogP) is 0.467. The van der Waals surface area contributed by atoms with Crippen LogP contribution in [-0.2, 0) is 10.3 Å². The number of rotatable bonds is 0. The molecule has 0 amide bonds. The van der Waals surface area contributed by atoms with E-state index in [0.717, 1.165) is 0 Å². The van der Waals surface area contributed by atoms with Crippen LogP contribution in [0.15, 0.2) is 24.3 Å². The van der Waals surface area contributed by atoms with Gasteiger partial charge in [0, 0.05) is 0 Å². The second-order valence-corrected chi connectivity index (χ2v) is 3.37. The highest BCUT2D eigenvalue weighted by atomic mass is 32.2. The van der Waals surface area contributed by atoms with E-state index in [4.69, 9.17) is 9.47 Å². The van der Waals surface area contributed by atoms with E-state index in [-0.39, 0.29) is 11.7 Å². The van der Waals surface area contributed by atoms with Crippen LogP contribution in [0.3, 0.4) is 0 Å². The van der Waals surface area contributed by atoms with Gasteiger partial charge in [0.05, 0.1) is 0 Å². The average molecular weight is 198 g/mol. The fourth-order valence-corrected chi connectivity index (χ4v) is 1.34. The molecular weight excluding hydrogens is 192 g/mol. The first kappa shape index (κ1) is 8.12. The lowest BCUT2D eigenvalue weighted by molar-refractivity contribution is 0.310. The molecule has 0 bridgehead atoms. The van der Waals surface area contributed by atoms with Gasteiger partial charge in [-0.3, -0.25) is 0 Å². The van der Waals surface area contributed by atoms with Crippen molar-refractivity contribution in [3.63, 3.8) is 0 Å². The van der Waals surface area contributed by atoms with Gasteiger partial charge in [-0.05, 0) is 12.1 Å². The number of para-hydroxylation sites is 2. The maximum atomic E-state index is 10.5. The second-order valence-electron chi connectivity index (χ2n) is 2.44. The van der Waals surface area contributed by atoms with E-state index >= 15 is 0 Å². The molecule has 4 nitrogen and oxygen atoms in total. The minimum atomic E-state index is -2.34. The molecule has 0 radical (unpaired) electrons. The zero-order chi connectivity index (χ0) is 9.26. The van der Waals surface area contributed by atoms with Crippen LogP contribution < -0.4 is 9.47 Å². The van der Waals surface area contributed by atoms with Crippen LogP contribution in [0.4, 0.5) is 0 Å². The molecule has 1 heterocycles. The average Bonchev–Trinajstić information content (AvgIpc) is 2.17. The minimum Gasteiger partial charge on any atom is -0.481 e. The lowest BCUT2D eigenvalue weighted by atomic mass is 10.3. The Morgan fingerprint density at radius 3 is 2.54 bits per heavy atom. The van der Waals surface area contributed by atoms with E-state index in [1.54, 1.807) is 24.3 Å². The maximum absolute atomic E-state index is 10.5. The van der Waals surface area contributed by atoms with Gasteiger partial charge in [0.1, 0.15) is 0 Å². The third-order valence-corrected chi connectivity index (χ3v) is 2.18. The number of ether oxygens (including phenoxy) is 2. The first-order valence-corrected chi connectivity index (χ1v) is 4.69. The van der Waals surface area contributed by atoms with Gasteiger partial charge >= 0.3 is 0 Å². The summed E-state index contributed by atoms with van der Waals surface area (Å²) in [5.74, 6) is 1.00. The summed E-state index contributed by atoms with van der Waals surface area (Å²) in [5.41, 5.74) is 0. The Labute approximate surface area is 76.2 Å². The Hall–Kier alpha value is -1.49. The lowest BCUT2D eigenvalue weighted by Gasteiger charge is -2.16. The molecular formula is C8H6O4S. The number of fused-ring (bicyclic) bond motifs is 1. The Morgan fingerprint density at radius 2 is 1.85 bits per heavy atom. The van der Waals surface area contributed by atoms with Gasteiger partial charge in [-0.2, -0.15) is 8.42 Å². The molecule has 1 aliphatic rings. The molecule has 0 unspecified atom stereocenters. The van der Waals surface area contributed by atoms with Crippen molar-refractivity contribution in [1.82, 2.24) is 0 Å². The first-order valence-electron chi connectivity index (χ1n) is 3.62. The van der Waals surface area contributed by atoms with Crippen molar-refractivity contribution in [2.75, 3.05) is 6.61 Å². The molecule has 0 aliphatic carbocycles. The van der Waals surface area contributed by atoms with Gasteiger partial charge in [0.2, 0.25) is 0 Å². The third kappa shape index (κ3) is 1.50. The Kier molecular flexibility index (Phi) is 1.94. The lowest BCUT2D eigenvalue weighted by Crippen LogP contribution is -2.23. The summed E-state index contributed by atoms with van der Waals surface area (Å²) in [5, 5.41) is -0.0845. The van der Waals surface area contributed by atoms with Crippen LogP contribution in [0.25, 0.3) is 0 Å². The van der Waals surface area contributed by atoms with Gasteiger partial charge in [-0.25, -0.2) is 0 Å². The van der Waals surface area contributed by atoms with E-state index in [0.29, 0.717) is 11.5 Å². The fraction of sp³-hybridized carbons (Fsp3) is 0.125. The molecule has 2 rings (SSSR count). The largest absolute Gasteiger partial charge is 0.481 e. The predicted molar refractivity (Wildman–Crippen MR) is 46.5 cm³/mol. The molecule has 0 spiro atoms. The summed E-state index contributed by atoms with van der Waals surface area (Å²) in [4.78, 5) is 0. The standard InChI is InChI=1S/C8H6O4S/c9-13(10)8-5-11-6-3-1-2-4-7(6)12-8/h1-4H,5H2. The van der Waals surface area contributed by atoms with E-state index in [1.165, 1.54) is 0 Å². The van der Waals surface area contributed by atoms with Crippen molar-refractivity contribution < 1.29 is 17.9 Å². The molecule has 68 valence electrons. The molecule has 13 heavy (non-hydrogen) atoms. The van der Waals surface area contributed by atoms with Crippen LogP contribution in [0, 0.1) is 0 Å². The maximum Gasteiger partial charge on any atom is 0.260 e. The molecule has 0 saturated carbocycles. The molecule has 1 aliphatic heterocycles. The second kappa shape index (κ2) is 3.10. The van der Waals surface area contributed by atoms with Gasteiger partial charge < -0.3 is 9.47 Å². The quantitative estimate of drug-likeness (QED) is 0.568. The van der Waals surface area contributed by atoms with Gasteiger partial charge in [-0.1, -0.05) is 12.1 Å². The number of hydrogen-bond acceptors (Lipinski definition) is 4. The molecule has 0 aromatic heterocycles. The van der Waals surface area contributed by atoms with Crippen LogP contribution in [0.1, 0.15) is 0 Å². The van der Waals surface area contributed by atoms with Crippen molar-refractivity contribution in [2.45, 2.75) is 0 Å². The van der Waals surface area contributed by atoms with Gasteiger partial charge in [0.15, 0.2) is 18.1 Å². The highest BCUT2D eigenvalue weighted by Crippen LogP contribution is 2.29. The SMILES string of the molecule is O=S(=O)=C1COc2ccccc2O1. The van der Waals surface area contributed by atoms with Crippen molar-refractivity contribution in [3.8, 4) is 11.5 Å². The third-order valence-electron chi connectivity index (χ3n) is 1.60. The monoisotopic (exact) mass is 198 g/mol. The van der Waals surface area contributed by atoms with Crippen LogP contribution in [-0.4, -0.2) is 20.1 Å². The zero-order valence-corrected chi connectivity index (χ0v) is 7.37. The van der Waals surface area contributed by atoms with Crippen molar-refractivity contribution in [3.05, 3.63) is 24.3 Å². The molecule has 1 aromatic carbocycles. The summed E-state index contributed by atoms with van der Waals surface area (Å²) in [6.45, 7) is -0.0346. The summed E-state index contributed by atoms with van der Waals surface area (Å²) in [6.07, 6.45) is 0. The topological polar surface area (TPSA) is 52.6 Å². The Morgan fingerprint density at radius 1 is 1.15 bits per heavy atom. The van der Waals surface area contributed by atoms with Crippen LogP contribution in [0.2, 0.25) is 0 Å². The van der Waals surface area contributed by atoms with Gasteiger partial charge in [0.25, 0.3) is 15.3 Å². The summed E-state index contributed by atoms with van der Waals surface area (Å²) in [7, 11) is -2.34. The van der Waals surface area contributed by atoms with Gasteiger partial charge in [-0.15, -0.1) is 0 Å². The molecule has 5 heteroatoms. The van der Waals surface area contributed by atoms with E-state index in [1.807, 2.05) is 0 Å². The normalized spacial score (nSPS) is 14.0. The molecule has 0 atom stereocenters. The van der Waals surface area contributed by atoms with Crippen LogP contribution >= 0.6 is 0 Å². The Balaban J connectivity index is 2.46. The summed E-state index contributed by atoms with van der Waals surface area (Å²) >= 11 is 0. The van der Waals surface area contributed by atoms with E-state index in [9.17, 15) is 8.42 Å². The summed E-state index contributed by atoms with van der Waals surface area (Å²) in [6, 6.07) is 6.92. The van der Waals surface area contributed by atoms with Crippen molar-refractivity contribution >= 4 is 15.3 Å². The zero-order valence-electron chi connectivity index (χ0n) is 6.56. The highest BCUT2D eigenvalue weighted by molar-refractivity contribution is 7.72. The highest BCUT2D eigenvalue weighted by Gasteiger charge is 2.16. The molecule has 0 fully saturated rings. The smallest absolute Gasteiger partial charge is 0.260 e. The van der Waals surface area contributed by atoms with E-state index in [2.05, 4.69) is 0 Å². The summed E-state index contributed by atoms with van der Waals surface area (Å²) < 4.78 is 31.3. The Bertz CT molecular complexity index is 453. The van der Waals surface area contributed by atoms with Crippen molar-refractivity contribution in [2.24, 2.45) is 0 Å². The number of benzene rings is 1. The molecule has 1 aromatic rings. The fourth-order valence-electron chi connectivity index (χ4n) is 1.02. The molecule has 0 N–H and O–H groups in total.